The van der Waals surface area contributed by atoms with Gasteiger partial charge in [0.15, 0.2) is 0 Å². The Labute approximate surface area is 166 Å². The Morgan fingerprint density at radius 2 is 2.00 bits per heavy atom. The van der Waals surface area contributed by atoms with Gasteiger partial charge in [-0.3, -0.25) is 5.32 Å². The second kappa shape index (κ2) is 8.96. The molecule has 0 amide bonds. The Bertz CT molecular complexity index is 723. The van der Waals surface area contributed by atoms with Gasteiger partial charge in [0, 0.05) is 27.8 Å². The van der Waals surface area contributed by atoms with E-state index < -0.39 is 0 Å². The lowest BCUT2D eigenvalue weighted by molar-refractivity contribution is 0.250. The van der Waals surface area contributed by atoms with Gasteiger partial charge in [-0.15, -0.1) is 0 Å². The van der Waals surface area contributed by atoms with E-state index in [1.165, 1.54) is 20.3 Å². The van der Waals surface area contributed by atoms with Gasteiger partial charge in [0.05, 0.1) is 7.11 Å². The van der Waals surface area contributed by atoms with Crippen molar-refractivity contribution in [1.82, 2.24) is 5.32 Å². The molecule has 0 radical (unpaired) electrons. The topological polar surface area (TPSA) is 30.5 Å². The van der Waals surface area contributed by atoms with Crippen LogP contribution in [-0.4, -0.2) is 7.11 Å². The molecule has 0 spiro atoms. The van der Waals surface area contributed by atoms with Crippen molar-refractivity contribution < 1.29 is 8.92 Å². The van der Waals surface area contributed by atoms with E-state index in [-0.39, 0.29) is 5.54 Å². The molecular formula is C20H22INO2S. The van der Waals surface area contributed by atoms with E-state index >= 15 is 0 Å². The van der Waals surface area contributed by atoms with Gasteiger partial charge in [-0.1, -0.05) is 42.5 Å². The maximum absolute atomic E-state index is 5.98. The van der Waals surface area contributed by atoms with E-state index in [9.17, 15) is 0 Å². The Hall–Kier alpha value is -1.18. The van der Waals surface area contributed by atoms with Gasteiger partial charge in [0.25, 0.3) is 0 Å². The number of hydrogen-bond donors (Lipinski definition) is 1. The Kier molecular flexibility index (Phi) is 6.67. The van der Waals surface area contributed by atoms with Crippen LogP contribution in [0.1, 0.15) is 30.4 Å². The van der Waals surface area contributed by atoms with E-state index in [1.54, 1.807) is 7.11 Å². The van der Waals surface area contributed by atoms with E-state index in [0.29, 0.717) is 0 Å². The second-order valence-electron chi connectivity index (χ2n) is 6.08. The number of methoxy groups -OCH3 is 1. The zero-order valence-electron chi connectivity index (χ0n) is 14.2. The van der Waals surface area contributed by atoms with Crippen molar-refractivity contribution in [2.75, 3.05) is 7.11 Å². The molecule has 0 saturated heterocycles. The highest BCUT2D eigenvalue weighted by molar-refractivity contribution is 14.2. The molecule has 1 aliphatic rings. The maximum Gasteiger partial charge on any atom is 0.136 e. The first kappa shape index (κ1) is 18.6. The van der Waals surface area contributed by atoms with Crippen LogP contribution >= 0.6 is 30.4 Å². The van der Waals surface area contributed by atoms with Crippen LogP contribution in [0.4, 0.5) is 0 Å². The van der Waals surface area contributed by atoms with Crippen molar-refractivity contribution >= 4 is 30.4 Å². The summed E-state index contributed by atoms with van der Waals surface area (Å²) in [6, 6.07) is 18.8. The van der Waals surface area contributed by atoms with Gasteiger partial charge < -0.3 is 8.92 Å². The van der Waals surface area contributed by atoms with Gasteiger partial charge in [0.1, 0.15) is 26.3 Å². The third-order valence-electron chi connectivity index (χ3n) is 4.63. The summed E-state index contributed by atoms with van der Waals surface area (Å²) in [5.74, 6) is 1.85. The molecule has 1 atom stereocenters. The lowest BCUT2D eigenvalue weighted by Gasteiger charge is -2.39. The van der Waals surface area contributed by atoms with Gasteiger partial charge >= 0.3 is 0 Å². The first-order valence-corrected chi connectivity index (χ1v) is 11.7. The van der Waals surface area contributed by atoms with Crippen LogP contribution in [0.3, 0.4) is 0 Å². The summed E-state index contributed by atoms with van der Waals surface area (Å²) >= 11 is 2.18. The van der Waals surface area contributed by atoms with Crippen LogP contribution in [0.15, 0.2) is 66.4 Å². The van der Waals surface area contributed by atoms with Crippen molar-refractivity contribution in [3.8, 4) is 5.75 Å². The summed E-state index contributed by atoms with van der Waals surface area (Å²) in [7, 11) is 3.07. The Morgan fingerprint density at radius 3 is 2.76 bits per heavy atom. The smallest absolute Gasteiger partial charge is 0.136 e. The normalized spacial score (nSPS) is 20.0. The zero-order valence-corrected chi connectivity index (χ0v) is 17.2. The summed E-state index contributed by atoms with van der Waals surface area (Å²) in [6.07, 6.45) is 5.38. The molecule has 2 aromatic carbocycles. The van der Waals surface area contributed by atoms with Crippen molar-refractivity contribution in [2.24, 2.45) is 0 Å². The second-order valence-corrected chi connectivity index (χ2v) is 7.45. The fraction of sp³-hybridized carbons (Fsp3) is 0.300. The predicted molar refractivity (Wildman–Crippen MR) is 113 cm³/mol. The molecule has 5 heteroatoms. The van der Waals surface area contributed by atoms with Gasteiger partial charge in [-0.25, -0.2) is 0 Å². The van der Waals surface area contributed by atoms with Crippen LogP contribution in [-0.2, 0) is 16.3 Å². The molecule has 0 bridgehead atoms. The van der Waals surface area contributed by atoms with E-state index in [4.69, 9.17) is 8.92 Å². The highest BCUT2D eigenvalue weighted by Crippen LogP contribution is 2.42. The molecule has 0 aliphatic heterocycles. The third-order valence-corrected chi connectivity index (χ3v) is 5.41. The number of nitrogens with one attached hydrogen (secondary N) is 1. The fourth-order valence-electron chi connectivity index (χ4n) is 3.34. The first-order chi connectivity index (χ1) is 12.3. The van der Waals surface area contributed by atoms with Crippen LogP contribution in [0.5, 0.6) is 5.75 Å². The van der Waals surface area contributed by atoms with Gasteiger partial charge in [-0.05, 0) is 48.6 Å². The number of rotatable bonds is 7. The van der Waals surface area contributed by atoms with Crippen molar-refractivity contribution in [2.45, 2.75) is 31.3 Å². The Morgan fingerprint density at radius 1 is 1.16 bits per heavy atom. The summed E-state index contributed by atoms with van der Waals surface area (Å²) < 4.78 is 11.4. The average molecular weight is 467 g/mol. The van der Waals surface area contributed by atoms with Crippen molar-refractivity contribution in [3.05, 3.63) is 77.6 Å². The number of halogens is 1. The highest BCUT2D eigenvalue weighted by Gasteiger charge is 2.39. The average Bonchev–Trinajstić information content (AvgIpc) is 2.68. The molecule has 0 saturated carbocycles. The van der Waals surface area contributed by atoms with E-state index in [2.05, 4.69) is 69.0 Å². The van der Waals surface area contributed by atoms with Crippen LogP contribution < -0.4 is 10.1 Å². The van der Waals surface area contributed by atoms with Crippen molar-refractivity contribution in [1.29, 1.82) is 0 Å². The largest absolute Gasteiger partial charge is 0.497 e. The standard InChI is InChI=1S/C20H22INO2S/c1-23-18-11-7-10-17(14-18)20(13-6-5-12-19(20)24-25-21)22-15-16-8-3-2-4-9-16/h2-4,7-12,14,22H,5-6,13,15H2,1H3. The summed E-state index contributed by atoms with van der Waals surface area (Å²) in [5, 5.41) is 3.79. The highest BCUT2D eigenvalue weighted by atomic mass is 127. The minimum Gasteiger partial charge on any atom is -0.497 e. The first-order valence-electron chi connectivity index (χ1n) is 8.38. The molecule has 0 heterocycles. The van der Waals surface area contributed by atoms with Crippen LogP contribution in [0.25, 0.3) is 0 Å². The summed E-state index contributed by atoms with van der Waals surface area (Å²) in [4.78, 5) is 0. The Balaban J connectivity index is 1.97. The third kappa shape index (κ3) is 4.33. The zero-order chi connectivity index (χ0) is 17.5. The minimum absolute atomic E-state index is 0.333. The molecule has 132 valence electrons. The minimum atomic E-state index is -0.333. The molecule has 3 nitrogen and oxygen atoms in total. The molecule has 0 aromatic heterocycles. The van der Waals surface area contributed by atoms with Crippen LogP contribution in [0.2, 0.25) is 0 Å². The molecule has 3 rings (SSSR count). The lowest BCUT2D eigenvalue weighted by Crippen LogP contribution is -2.45. The number of allylic oxidation sites excluding steroid dienone is 1. The molecule has 1 N–H and O–H groups in total. The number of ether oxygens (including phenoxy) is 1. The van der Waals surface area contributed by atoms with Gasteiger partial charge in [-0.2, -0.15) is 0 Å². The molecule has 1 unspecified atom stereocenters. The summed E-state index contributed by atoms with van der Waals surface area (Å²) in [6.45, 7) is 0.782. The molecule has 25 heavy (non-hydrogen) atoms. The molecule has 1 aliphatic carbocycles. The number of benzene rings is 2. The molecular weight excluding hydrogens is 445 g/mol. The molecule has 0 fully saturated rings. The SMILES string of the molecule is COc1cccc(C2(NCc3ccccc3)CCCC=C2OSI)c1. The van der Waals surface area contributed by atoms with Gasteiger partial charge in [0.2, 0.25) is 0 Å². The predicted octanol–water partition coefficient (Wildman–Crippen LogP) is 5.76. The van der Waals surface area contributed by atoms with E-state index in [1.807, 2.05) is 18.2 Å². The molecule has 2 aromatic rings. The summed E-state index contributed by atoms with van der Waals surface area (Å²) in [5.41, 5.74) is 2.11. The van der Waals surface area contributed by atoms with Crippen molar-refractivity contribution in [3.63, 3.8) is 0 Å². The number of hydrogen-bond acceptors (Lipinski definition) is 4. The quantitative estimate of drug-likeness (QED) is 0.414. The maximum atomic E-state index is 5.98. The lowest BCUT2D eigenvalue weighted by atomic mass is 9.79. The monoisotopic (exact) mass is 467 g/mol. The fourth-order valence-corrected chi connectivity index (χ4v) is 4.20. The van der Waals surface area contributed by atoms with Crippen LogP contribution in [0, 0.1) is 0 Å². The van der Waals surface area contributed by atoms with E-state index in [0.717, 1.165) is 37.3 Å².